The lowest BCUT2D eigenvalue weighted by Gasteiger charge is -2.21. The van der Waals surface area contributed by atoms with Crippen molar-refractivity contribution in [1.82, 2.24) is 5.32 Å². The number of rotatable bonds is 5. The smallest absolute Gasteiger partial charge is 0.408 e. The first-order valence-electron chi connectivity index (χ1n) is 7.69. The number of nitrogens with one attached hydrogen (secondary N) is 1. The van der Waals surface area contributed by atoms with Gasteiger partial charge >= 0.3 is 6.09 Å². The van der Waals surface area contributed by atoms with Crippen LogP contribution in [0.1, 0.15) is 39.7 Å². The fourth-order valence-electron chi connectivity index (χ4n) is 1.71. The van der Waals surface area contributed by atoms with Gasteiger partial charge in [-0.25, -0.2) is 4.79 Å². The van der Waals surface area contributed by atoms with E-state index in [9.17, 15) is 4.79 Å². The third-order valence-electron chi connectivity index (χ3n) is 2.72. The van der Waals surface area contributed by atoms with Crippen LogP contribution in [0.25, 0.3) is 0 Å². The number of hydrogen-bond acceptors (Lipinski definition) is 4. The number of aliphatic hydroxyl groups excluding tert-OH is 1. The van der Waals surface area contributed by atoms with Gasteiger partial charge in [-0.1, -0.05) is 30.9 Å². The van der Waals surface area contributed by atoms with Crippen LogP contribution in [0.15, 0.2) is 24.3 Å². The quantitative estimate of drug-likeness (QED) is 0.819. The summed E-state index contributed by atoms with van der Waals surface area (Å²) in [6, 6.07) is 7.02. The van der Waals surface area contributed by atoms with Gasteiger partial charge in [-0.15, -0.1) is 0 Å². The van der Waals surface area contributed by atoms with Crippen LogP contribution in [0.5, 0.6) is 5.75 Å². The summed E-state index contributed by atoms with van der Waals surface area (Å²) in [7, 11) is 0. The fraction of sp³-hybridized carbons (Fsp3) is 0.500. The van der Waals surface area contributed by atoms with Crippen molar-refractivity contribution in [2.24, 2.45) is 0 Å². The van der Waals surface area contributed by atoms with Crippen molar-refractivity contribution < 1.29 is 19.4 Å². The van der Waals surface area contributed by atoms with E-state index in [0.29, 0.717) is 17.7 Å². The molecule has 0 aliphatic heterocycles. The monoisotopic (exact) mass is 319 g/mol. The van der Waals surface area contributed by atoms with E-state index in [1.54, 1.807) is 6.07 Å². The molecule has 1 amide bonds. The second-order valence-corrected chi connectivity index (χ2v) is 5.94. The van der Waals surface area contributed by atoms with E-state index in [2.05, 4.69) is 17.2 Å². The number of para-hydroxylation sites is 1. The number of ether oxygens (including phenoxy) is 2. The Hall–Kier alpha value is -2.19. The van der Waals surface area contributed by atoms with Gasteiger partial charge in [0, 0.05) is 0 Å². The van der Waals surface area contributed by atoms with E-state index in [0.717, 1.165) is 0 Å². The normalized spacial score (nSPS) is 11.9. The van der Waals surface area contributed by atoms with Crippen molar-refractivity contribution in [2.75, 3.05) is 13.2 Å². The van der Waals surface area contributed by atoms with Crippen molar-refractivity contribution in [3.05, 3.63) is 29.8 Å². The van der Waals surface area contributed by atoms with Crippen LogP contribution in [-0.4, -0.2) is 36.1 Å². The van der Waals surface area contributed by atoms with E-state index in [1.807, 2.05) is 45.9 Å². The van der Waals surface area contributed by atoms with Gasteiger partial charge in [0.05, 0.1) is 18.2 Å². The number of amides is 1. The highest BCUT2D eigenvalue weighted by Gasteiger charge is 2.17. The zero-order chi connectivity index (χ0) is 17.3. The molecule has 1 atom stereocenters. The molecule has 0 saturated carbocycles. The Bertz CT molecular complexity index is 566. The summed E-state index contributed by atoms with van der Waals surface area (Å²) in [5, 5.41) is 11.6. The molecule has 0 aliphatic carbocycles. The lowest BCUT2D eigenvalue weighted by Crippen LogP contribution is -2.38. The van der Waals surface area contributed by atoms with Crippen LogP contribution < -0.4 is 10.1 Å². The Balaban J connectivity index is 2.77. The van der Waals surface area contributed by atoms with Gasteiger partial charge in [-0.2, -0.15) is 0 Å². The van der Waals surface area contributed by atoms with Crippen LogP contribution in [0, 0.1) is 11.8 Å². The Morgan fingerprint density at radius 1 is 1.35 bits per heavy atom. The summed E-state index contributed by atoms with van der Waals surface area (Å²) in [6.07, 6.45) is 0.176. The van der Waals surface area contributed by atoms with Gasteiger partial charge in [0.25, 0.3) is 0 Å². The highest BCUT2D eigenvalue weighted by Crippen LogP contribution is 2.16. The van der Waals surface area contributed by atoms with Crippen molar-refractivity contribution in [3.8, 4) is 17.6 Å². The van der Waals surface area contributed by atoms with Gasteiger partial charge in [0.1, 0.15) is 18.0 Å². The third kappa shape index (κ3) is 7.57. The minimum absolute atomic E-state index is 0.0560. The molecule has 23 heavy (non-hydrogen) atoms. The molecule has 0 bridgehead atoms. The lowest BCUT2D eigenvalue weighted by atomic mass is 10.1. The summed E-state index contributed by atoms with van der Waals surface area (Å²) >= 11 is 0. The average Bonchev–Trinajstić information content (AvgIpc) is 2.48. The number of carbonyl (C=O) groups excluding carboxylic acids is 1. The van der Waals surface area contributed by atoms with Crippen LogP contribution in [0.4, 0.5) is 4.79 Å². The fourth-order valence-corrected chi connectivity index (χ4v) is 1.71. The molecule has 0 spiro atoms. The summed E-state index contributed by atoms with van der Waals surface area (Å²) in [5.41, 5.74) is 0.172. The topological polar surface area (TPSA) is 67.8 Å². The Morgan fingerprint density at radius 3 is 2.65 bits per heavy atom. The third-order valence-corrected chi connectivity index (χ3v) is 2.72. The molecule has 0 saturated heterocycles. The predicted molar refractivity (Wildman–Crippen MR) is 89.3 cm³/mol. The molecule has 5 heteroatoms. The molecular weight excluding hydrogens is 294 g/mol. The van der Waals surface area contributed by atoms with Crippen molar-refractivity contribution in [2.45, 2.75) is 45.8 Å². The van der Waals surface area contributed by atoms with Crippen LogP contribution in [0.2, 0.25) is 0 Å². The largest absolute Gasteiger partial charge is 0.490 e. The Morgan fingerprint density at radius 2 is 2.04 bits per heavy atom. The minimum Gasteiger partial charge on any atom is -0.490 e. The molecule has 0 aliphatic rings. The molecule has 0 radical (unpaired) electrons. The summed E-state index contributed by atoms with van der Waals surface area (Å²) in [4.78, 5) is 11.8. The molecule has 1 aromatic rings. The number of aliphatic hydroxyl groups is 1. The highest BCUT2D eigenvalue weighted by molar-refractivity contribution is 5.68. The Labute approximate surface area is 138 Å². The van der Waals surface area contributed by atoms with E-state index < -0.39 is 11.7 Å². The number of carbonyl (C=O) groups is 1. The molecule has 0 unspecified atom stereocenters. The molecular formula is C18H25NO4. The zero-order valence-corrected chi connectivity index (χ0v) is 14.2. The van der Waals surface area contributed by atoms with Crippen LogP contribution in [-0.2, 0) is 4.74 Å². The van der Waals surface area contributed by atoms with Crippen molar-refractivity contribution in [1.29, 1.82) is 0 Å². The maximum Gasteiger partial charge on any atom is 0.408 e. The molecule has 1 aromatic carbocycles. The summed E-state index contributed by atoms with van der Waals surface area (Å²) < 4.78 is 10.7. The highest BCUT2D eigenvalue weighted by atomic mass is 16.6. The van der Waals surface area contributed by atoms with E-state index >= 15 is 0 Å². The summed E-state index contributed by atoms with van der Waals surface area (Å²) in [5.74, 6) is 6.64. The van der Waals surface area contributed by atoms with E-state index in [-0.39, 0.29) is 19.3 Å². The van der Waals surface area contributed by atoms with E-state index in [1.165, 1.54) is 0 Å². The average molecular weight is 319 g/mol. The number of alkyl carbamates (subject to hydrolysis) is 1. The van der Waals surface area contributed by atoms with Gasteiger partial charge in [0.15, 0.2) is 0 Å². The Kier molecular flexibility index (Phi) is 7.43. The van der Waals surface area contributed by atoms with Crippen molar-refractivity contribution >= 4 is 6.09 Å². The molecule has 0 heterocycles. The molecule has 5 nitrogen and oxygen atoms in total. The molecule has 1 rings (SSSR count). The second kappa shape index (κ2) is 9.06. The van der Waals surface area contributed by atoms with E-state index in [4.69, 9.17) is 14.6 Å². The van der Waals surface area contributed by atoms with Crippen LogP contribution in [0.3, 0.4) is 0 Å². The van der Waals surface area contributed by atoms with Gasteiger partial charge in [0.2, 0.25) is 0 Å². The molecule has 0 aromatic heterocycles. The standard InChI is InChI=1S/C18H25NO4/c1-5-15(19-17(21)23-18(2,3)4)11-10-14-8-6-7-9-16(14)22-13-12-20/h6-9,15,20H,5,12-13H2,1-4H3,(H,19,21)/t15-/m0/s1. The van der Waals surface area contributed by atoms with Crippen molar-refractivity contribution in [3.63, 3.8) is 0 Å². The SMILES string of the molecule is CC[C@@H](C#Cc1ccccc1OCCO)NC(=O)OC(C)(C)C. The van der Waals surface area contributed by atoms with Gasteiger partial charge < -0.3 is 19.9 Å². The van der Waals surface area contributed by atoms with Gasteiger partial charge in [-0.05, 0) is 39.3 Å². The maximum atomic E-state index is 11.8. The zero-order valence-electron chi connectivity index (χ0n) is 14.2. The number of benzene rings is 1. The molecule has 2 N–H and O–H groups in total. The number of hydrogen-bond donors (Lipinski definition) is 2. The first-order valence-corrected chi connectivity index (χ1v) is 7.69. The first-order chi connectivity index (χ1) is 10.9. The summed E-state index contributed by atoms with van der Waals surface area (Å²) in [6.45, 7) is 7.53. The van der Waals surface area contributed by atoms with Gasteiger partial charge in [-0.3, -0.25) is 0 Å². The lowest BCUT2D eigenvalue weighted by molar-refractivity contribution is 0.0515. The minimum atomic E-state index is -0.541. The first kappa shape index (κ1) is 18.9. The molecule has 126 valence electrons. The predicted octanol–water partition coefficient (Wildman–Crippen LogP) is 2.71. The maximum absolute atomic E-state index is 11.8. The second-order valence-electron chi connectivity index (χ2n) is 5.94. The van der Waals surface area contributed by atoms with Crippen LogP contribution >= 0.6 is 0 Å². The molecule has 0 fully saturated rings.